The SMILES string of the molecule is COc1ccc(C(NC(=O)CSc2nnc(N3CCCCC3)n2Cc2ccco2)C2CC2)cc1. The van der Waals surface area contributed by atoms with E-state index < -0.39 is 0 Å². The molecule has 2 aromatic heterocycles. The molecule has 3 aromatic rings. The summed E-state index contributed by atoms with van der Waals surface area (Å²) in [6.45, 7) is 2.51. The number of hydrogen-bond acceptors (Lipinski definition) is 7. The van der Waals surface area contributed by atoms with Gasteiger partial charge in [0, 0.05) is 13.1 Å². The van der Waals surface area contributed by atoms with Crippen molar-refractivity contribution in [3.8, 4) is 5.75 Å². The largest absolute Gasteiger partial charge is 0.497 e. The maximum Gasteiger partial charge on any atom is 0.230 e. The van der Waals surface area contributed by atoms with Crippen molar-refractivity contribution in [2.24, 2.45) is 5.92 Å². The van der Waals surface area contributed by atoms with Gasteiger partial charge in [-0.15, -0.1) is 10.2 Å². The van der Waals surface area contributed by atoms with Crippen molar-refractivity contribution in [3.05, 3.63) is 54.0 Å². The van der Waals surface area contributed by atoms with E-state index in [4.69, 9.17) is 9.15 Å². The Hall–Kier alpha value is -2.94. The Bertz CT molecular complexity index is 1070. The molecule has 1 N–H and O–H groups in total. The highest BCUT2D eigenvalue weighted by atomic mass is 32.2. The van der Waals surface area contributed by atoms with E-state index in [0.29, 0.717) is 12.5 Å². The van der Waals surface area contributed by atoms with Crippen LogP contribution in [0.25, 0.3) is 0 Å². The van der Waals surface area contributed by atoms with Crippen LogP contribution in [0.4, 0.5) is 5.95 Å². The summed E-state index contributed by atoms with van der Waals surface area (Å²) in [4.78, 5) is 15.2. The van der Waals surface area contributed by atoms with Crippen LogP contribution in [0.2, 0.25) is 0 Å². The number of anilines is 1. The van der Waals surface area contributed by atoms with Gasteiger partial charge in [-0.1, -0.05) is 23.9 Å². The van der Waals surface area contributed by atoms with Crippen molar-refractivity contribution >= 4 is 23.6 Å². The van der Waals surface area contributed by atoms with Crippen LogP contribution in [0.1, 0.15) is 49.5 Å². The number of ether oxygens (including phenoxy) is 1. The van der Waals surface area contributed by atoms with Gasteiger partial charge in [0.25, 0.3) is 0 Å². The van der Waals surface area contributed by atoms with Crippen LogP contribution in [0.15, 0.2) is 52.2 Å². The predicted molar refractivity (Wildman–Crippen MR) is 131 cm³/mol. The predicted octanol–water partition coefficient (Wildman–Crippen LogP) is 4.28. The molecule has 0 spiro atoms. The summed E-state index contributed by atoms with van der Waals surface area (Å²) in [6, 6.07) is 11.9. The Morgan fingerprint density at radius 3 is 2.65 bits per heavy atom. The minimum absolute atomic E-state index is 0.00443. The number of amides is 1. The maximum atomic E-state index is 12.9. The maximum absolute atomic E-state index is 12.9. The number of methoxy groups -OCH3 is 1. The number of piperidine rings is 1. The summed E-state index contributed by atoms with van der Waals surface area (Å²) in [5.41, 5.74) is 1.12. The Balaban J connectivity index is 1.27. The van der Waals surface area contributed by atoms with Crippen LogP contribution < -0.4 is 15.0 Å². The molecule has 2 fully saturated rings. The van der Waals surface area contributed by atoms with E-state index in [9.17, 15) is 4.79 Å². The summed E-state index contributed by atoms with van der Waals surface area (Å²) in [6.07, 6.45) is 7.53. The molecule has 8 nitrogen and oxygen atoms in total. The molecule has 1 saturated heterocycles. The molecular formula is C25H31N5O3S. The lowest BCUT2D eigenvalue weighted by Crippen LogP contribution is -2.32. The normalized spacial score (nSPS) is 16.9. The van der Waals surface area contributed by atoms with Crippen molar-refractivity contribution < 1.29 is 13.9 Å². The van der Waals surface area contributed by atoms with Crippen LogP contribution >= 0.6 is 11.8 Å². The highest BCUT2D eigenvalue weighted by Crippen LogP contribution is 2.41. The second kappa shape index (κ2) is 10.5. The fourth-order valence-corrected chi connectivity index (χ4v) is 5.22. The minimum atomic E-state index is 0.00443. The van der Waals surface area contributed by atoms with Gasteiger partial charge in [-0.2, -0.15) is 0 Å². The fourth-order valence-electron chi connectivity index (χ4n) is 4.47. The zero-order valence-electron chi connectivity index (χ0n) is 19.5. The lowest BCUT2D eigenvalue weighted by atomic mass is 10.0. The minimum Gasteiger partial charge on any atom is -0.497 e. The number of aromatic nitrogens is 3. The third-order valence-electron chi connectivity index (χ3n) is 6.45. The average molecular weight is 482 g/mol. The monoisotopic (exact) mass is 481 g/mol. The summed E-state index contributed by atoms with van der Waals surface area (Å²) in [5.74, 6) is 3.31. The first kappa shape index (κ1) is 22.8. The summed E-state index contributed by atoms with van der Waals surface area (Å²) < 4.78 is 12.9. The first-order valence-corrected chi connectivity index (χ1v) is 13.0. The van der Waals surface area contributed by atoms with E-state index in [1.165, 1.54) is 18.2 Å². The number of hydrogen-bond donors (Lipinski definition) is 1. The van der Waals surface area contributed by atoms with Gasteiger partial charge in [-0.3, -0.25) is 9.36 Å². The third kappa shape index (κ3) is 5.41. The molecule has 1 saturated carbocycles. The van der Waals surface area contributed by atoms with Crippen molar-refractivity contribution in [2.45, 2.75) is 49.8 Å². The van der Waals surface area contributed by atoms with Crippen LogP contribution in [-0.2, 0) is 11.3 Å². The molecule has 1 aliphatic heterocycles. The number of nitrogens with one attached hydrogen (secondary N) is 1. The highest BCUT2D eigenvalue weighted by Gasteiger charge is 2.33. The standard InChI is InChI=1S/C25H31N5O3S/c1-32-20-11-9-19(10-12-20)23(18-7-8-18)26-22(31)17-34-25-28-27-24(29-13-3-2-4-14-29)30(25)16-21-6-5-15-33-21/h5-6,9-12,15,18,23H,2-4,7-8,13-14,16-17H2,1H3,(H,26,31). The average Bonchev–Trinajstić information content (AvgIpc) is 3.44. The highest BCUT2D eigenvalue weighted by molar-refractivity contribution is 7.99. The molecule has 0 bridgehead atoms. The number of furan rings is 1. The van der Waals surface area contributed by atoms with E-state index in [2.05, 4.69) is 25.0 Å². The molecule has 180 valence electrons. The topological polar surface area (TPSA) is 85.4 Å². The zero-order valence-corrected chi connectivity index (χ0v) is 20.3. The third-order valence-corrected chi connectivity index (χ3v) is 7.41. The van der Waals surface area contributed by atoms with Gasteiger partial charge in [-0.25, -0.2) is 0 Å². The number of carbonyl (C=O) groups is 1. The van der Waals surface area contributed by atoms with Gasteiger partial charge in [0.05, 0.1) is 31.7 Å². The Labute approximate surface area is 204 Å². The van der Waals surface area contributed by atoms with E-state index in [1.54, 1.807) is 13.4 Å². The number of carbonyl (C=O) groups excluding carboxylic acids is 1. The van der Waals surface area contributed by atoms with Crippen LogP contribution in [-0.4, -0.2) is 46.6 Å². The van der Waals surface area contributed by atoms with E-state index in [-0.39, 0.29) is 17.7 Å². The lowest BCUT2D eigenvalue weighted by Gasteiger charge is -2.27. The quantitative estimate of drug-likeness (QED) is 0.433. The molecule has 1 unspecified atom stereocenters. The van der Waals surface area contributed by atoms with Crippen LogP contribution in [0.5, 0.6) is 5.75 Å². The molecule has 9 heteroatoms. The summed E-state index contributed by atoms with van der Waals surface area (Å²) >= 11 is 1.43. The smallest absolute Gasteiger partial charge is 0.230 e. The van der Waals surface area contributed by atoms with Crippen molar-refractivity contribution in [2.75, 3.05) is 30.9 Å². The Kier molecular flexibility index (Phi) is 7.08. The fraction of sp³-hybridized carbons (Fsp3) is 0.480. The molecule has 1 amide bonds. The van der Waals surface area contributed by atoms with Gasteiger partial charge >= 0.3 is 0 Å². The Morgan fingerprint density at radius 1 is 1.18 bits per heavy atom. The first-order chi connectivity index (χ1) is 16.7. The van der Waals surface area contributed by atoms with Gasteiger partial charge in [0.2, 0.25) is 11.9 Å². The van der Waals surface area contributed by atoms with Crippen molar-refractivity contribution in [3.63, 3.8) is 0 Å². The van der Waals surface area contributed by atoms with Gasteiger partial charge in [-0.05, 0) is 67.9 Å². The second-order valence-corrected chi connectivity index (χ2v) is 9.88. The molecule has 2 aliphatic rings. The van der Waals surface area contributed by atoms with Gasteiger partial charge in [0.1, 0.15) is 11.5 Å². The molecule has 3 heterocycles. The van der Waals surface area contributed by atoms with Crippen molar-refractivity contribution in [1.29, 1.82) is 0 Å². The molecule has 1 atom stereocenters. The van der Waals surface area contributed by atoms with E-state index in [1.807, 2.05) is 36.4 Å². The number of nitrogens with zero attached hydrogens (tertiary/aromatic N) is 4. The molecule has 34 heavy (non-hydrogen) atoms. The lowest BCUT2D eigenvalue weighted by molar-refractivity contribution is -0.119. The number of rotatable bonds is 10. The molecule has 1 aromatic carbocycles. The number of thioether (sulfide) groups is 1. The summed E-state index contributed by atoms with van der Waals surface area (Å²) in [7, 11) is 1.66. The van der Waals surface area contributed by atoms with E-state index >= 15 is 0 Å². The summed E-state index contributed by atoms with van der Waals surface area (Å²) in [5, 5.41) is 12.9. The second-order valence-electron chi connectivity index (χ2n) is 8.94. The van der Waals surface area contributed by atoms with E-state index in [0.717, 1.165) is 67.0 Å². The Morgan fingerprint density at radius 2 is 1.97 bits per heavy atom. The van der Waals surface area contributed by atoms with Crippen LogP contribution in [0, 0.1) is 5.92 Å². The molecule has 5 rings (SSSR count). The molecule has 1 aliphatic carbocycles. The zero-order chi connectivity index (χ0) is 23.3. The molecular weight excluding hydrogens is 450 g/mol. The molecule has 0 radical (unpaired) electrons. The van der Waals surface area contributed by atoms with Crippen molar-refractivity contribution in [1.82, 2.24) is 20.1 Å². The van der Waals surface area contributed by atoms with Gasteiger partial charge < -0.3 is 19.4 Å². The first-order valence-electron chi connectivity index (χ1n) is 12.0. The van der Waals surface area contributed by atoms with Crippen LogP contribution in [0.3, 0.4) is 0 Å². The van der Waals surface area contributed by atoms with Gasteiger partial charge in [0.15, 0.2) is 5.16 Å². The number of benzene rings is 1.